The zero-order valence-corrected chi connectivity index (χ0v) is 14.7. The first-order chi connectivity index (χ1) is 10.5. The van der Waals surface area contributed by atoms with Gasteiger partial charge in [-0.15, -0.1) is 11.3 Å². The maximum atomic E-state index is 12.5. The number of rotatable bonds is 3. The Balaban J connectivity index is 1.55. The molecule has 122 valence electrons. The van der Waals surface area contributed by atoms with Crippen LogP contribution in [0.25, 0.3) is 0 Å². The number of hydrogen-bond acceptors (Lipinski definition) is 3. The van der Waals surface area contributed by atoms with E-state index in [-0.39, 0.29) is 12.1 Å². The predicted octanol–water partition coefficient (Wildman–Crippen LogP) is 3.31. The summed E-state index contributed by atoms with van der Waals surface area (Å²) in [5, 5.41) is 3.18. The molecule has 2 amide bonds. The topological polar surface area (TPSA) is 35.6 Å². The maximum absolute atomic E-state index is 12.5. The average Bonchev–Trinajstić information content (AvgIpc) is 3.17. The molecule has 2 aliphatic heterocycles. The van der Waals surface area contributed by atoms with E-state index in [1.807, 2.05) is 4.90 Å². The fourth-order valence-corrected chi connectivity index (χ4v) is 4.79. The molecule has 2 fully saturated rings. The number of hydrogen-bond donors (Lipinski definition) is 1. The minimum Gasteiger partial charge on any atom is -0.331 e. The molecule has 0 aliphatic carbocycles. The van der Waals surface area contributed by atoms with Gasteiger partial charge >= 0.3 is 6.03 Å². The van der Waals surface area contributed by atoms with Gasteiger partial charge in [0.15, 0.2) is 0 Å². The number of carbonyl (C=O) groups excluding carboxylic acids is 1. The van der Waals surface area contributed by atoms with Gasteiger partial charge in [0.05, 0.1) is 6.04 Å². The molecule has 2 atom stereocenters. The number of nitrogens with zero attached hydrogens (tertiary/aromatic N) is 2. The molecule has 0 saturated carbocycles. The molecule has 0 bridgehead atoms. The van der Waals surface area contributed by atoms with E-state index < -0.39 is 0 Å². The molecule has 0 aromatic carbocycles. The fraction of sp³-hybridized carbons (Fsp3) is 0.706. The van der Waals surface area contributed by atoms with Crippen molar-refractivity contribution in [2.45, 2.75) is 52.1 Å². The highest BCUT2D eigenvalue weighted by molar-refractivity contribution is 7.12. The van der Waals surface area contributed by atoms with Crippen LogP contribution in [0.1, 0.15) is 47.5 Å². The van der Waals surface area contributed by atoms with Gasteiger partial charge in [-0.1, -0.05) is 0 Å². The lowest BCUT2D eigenvalue weighted by Crippen LogP contribution is -2.42. The second-order valence-electron chi connectivity index (χ2n) is 6.67. The Morgan fingerprint density at radius 2 is 2.05 bits per heavy atom. The van der Waals surface area contributed by atoms with Crippen molar-refractivity contribution in [3.05, 3.63) is 21.4 Å². The lowest BCUT2D eigenvalue weighted by atomic mass is 10.1. The summed E-state index contributed by atoms with van der Waals surface area (Å²) in [7, 11) is 0. The standard InChI is InChI=1S/C17H27N3OS/c1-12-10-16(14(3)22-12)13(2)18-17(21)20-9-6-15(11-20)19-7-4-5-8-19/h10,13,15H,4-9,11H2,1-3H3,(H,18,21)/t13-,15-/m0/s1. The Bertz CT molecular complexity index is 536. The molecule has 3 heterocycles. The van der Waals surface area contributed by atoms with Crippen LogP contribution in [-0.4, -0.2) is 48.1 Å². The van der Waals surface area contributed by atoms with Gasteiger partial charge in [-0.25, -0.2) is 4.79 Å². The zero-order chi connectivity index (χ0) is 15.7. The van der Waals surface area contributed by atoms with Crippen molar-refractivity contribution in [3.8, 4) is 0 Å². The molecule has 22 heavy (non-hydrogen) atoms. The first-order valence-electron chi connectivity index (χ1n) is 8.41. The number of nitrogens with one attached hydrogen (secondary N) is 1. The minimum absolute atomic E-state index is 0.0864. The van der Waals surface area contributed by atoms with Crippen molar-refractivity contribution in [3.63, 3.8) is 0 Å². The summed E-state index contributed by atoms with van der Waals surface area (Å²) >= 11 is 1.80. The van der Waals surface area contributed by atoms with Crippen LogP contribution in [0.4, 0.5) is 4.79 Å². The van der Waals surface area contributed by atoms with Gasteiger partial charge in [-0.05, 0) is 64.8 Å². The number of carbonyl (C=O) groups is 1. The molecule has 4 nitrogen and oxygen atoms in total. The van der Waals surface area contributed by atoms with Crippen LogP contribution in [-0.2, 0) is 0 Å². The minimum atomic E-state index is 0.0864. The SMILES string of the molecule is Cc1cc([C@H](C)NC(=O)N2CC[C@H](N3CCCC3)C2)c(C)s1. The quantitative estimate of drug-likeness (QED) is 0.927. The Kier molecular flexibility index (Phi) is 4.73. The summed E-state index contributed by atoms with van der Waals surface area (Å²) in [5.74, 6) is 0. The van der Waals surface area contributed by atoms with Gasteiger partial charge in [0, 0.05) is 28.9 Å². The highest BCUT2D eigenvalue weighted by Gasteiger charge is 2.32. The third-order valence-electron chi connectivity index (χ3n) is 4.99. The molecule has 1 aromatic rings. The molecule has 0 spiro atoms. The number of amides is 2. The normalized spacial score (nSPS) is 24.0. The molecule has 1 N–H and O–H groups in total. The number of thiophene rings is 1. The van der Waals surface area contributed by atoms with E-state index in [1.165, 1.54) is 41.2 Å². The van der Waals surface area contributed by atoms with E-state index in [9.17, 15) is 4.79 Å². The van der Waals surface area contributed by atoms with Crippen LogP contribution in [0.2, 0.25) is 0 Å². The van der Waals surface area contributed by atoms with E-state index in [2.05, 4.69) is 37.1 Å². The van der Waals surface area contributed by atoms with Crippen LogP contribution in [0.15, 0.2) is 6.07 Å². The number of likely N-dealkylation sites (tertiary alicyclic amines) is 2. The largest absolute Gasteiger partial charge is 0.331 e. The van der Waals surface area contributed by atoms with Gasteiger partial charge in [0.25, 0.3) is 0 Å². The third kappa shape index (κ3) is 3.30. The molecule has 3 rings (SSSR count). The number of aryl methyl sites for hydroxylation is 2. The van der Waals surface area contributed by atoms with Crippen LogP contribution in [0.3, 0.4) is 0 Å². The lowest BCUT2D eigenvalue weighted by molar-refractivity contribution is 0.196. The summed E-state index contributed by atoms with van der Waals surface area (Å²) in [6, 6.07) is 2.96. The Hall–Kier alpha value is -1.07. The lowest BCUT2D eigenvalue weighted by Gasteiger charge is -2.24. The van der Waals surface area contributed by atoms with Gasteiger partial charge in [0.2, 0.25) is 0 Å². The van der Waals surface area contributed by atoms with Gasteiger partial charge in [-0.3, -0.25) is 4.90 Å². The second-order valence-corrected chi connectivity index (χ2v) is 8.13. The van der Waals surface area contributed by atoms with E-state index in [1.54, 1.807) is 11.3 Å². The summed E-state index contributed by atoms with van der Waals surface area (Å²) in [4.78, 5) is 19.7. The molecule has 1 aromatic heterocycles. The molecular formula is C17H27N3OS. The van der Waals surface area contributed by atoms with Crippen molar-refractivity contribution < 1.29 is 4.79 Å². The summed E-state index contributed by atoms with van der Waals surface area (Å²) in [6.45, 7) is 10.5. The maximum Gasteiger partial charge on any atom is 0.317 e. The van der Waals surface area contributed by atoms with E-state index in [4.69, 9.17) is 0 Å². The van der Waals surface area contributed by atoms with Crippen LogP contribution < -0.4 is 5.32 Å². The zero-order valence-electron chi connectivity index (χ0n) is 13.9. The summed E-state index contributed by atoms with van der Waals surface area (Å²) < 4.78 is 0. The first kappa shape index (κ1) is 15.8. The summed E-state index contributed by atoms with van der Waals surface area (Å²) in [5.41, 5.74) is 1.26. The Labute approximate surface area is 137 Å². The van der Waals surface area contributed by atoms with Crippen LogP contribution >= 0.6 is 11.3 Å². The van der Waals surface area contributed by atoms with E-state index in [0.717, 1.165) is 19.5 Å². The van der Waals surface area contributed by atoms with Crippen molar-refractivity contribution in [2.75, 3.05) is 26.2 Å². The molecule has 5 heteroatoms. The smallest absolute Gasteiger partial charge is 0.317 e. The van der Waals surface area contributed by atoms with E-state index >= 15 is 0 Å². The fourth-order valence-electron chi connectivity index (χ4n) is 3.77. The van der Waals surface area contributed by atoms with Crippen LogP contribution in [0, 0.1) is 13.8 Å². The van der Waals surface area contributed by atoms with Crippen molar-refractivity contribution in [1.29, 1.82) is 0 Å². The molecule has 0 radical (unpaired) electrons. The van der Waals surface area contributed by atoms with Crippen molar-refractivity contribution >= 4 is 17.4 Å². The molecule has 2 saturated heterocycles. The molecule has 0 unspecified atom stereocenters. The second kappa shape index (κ2) is 6.59. The van der Waals surface area contributed by atoms with Gasteiger partial charge in [0.1, 0.15) is 0 Å². The monoisotopic (exact) mass is 321 g/mol. The predicted molar refractivity (Wildman–Crippen MR) is 91.5 cm³/mol. The highest BCUT2D eigenvalue weighted by Crippen LogP contribution is 2.27. The Morgan fingerprint density at radius 3 is 2.68 bits per heavy atom. The van der Waals surface area contributed by atoms with E-state index in [0.29, 0.717) is 6.04 Å². The van der Waals surface area contributed by atoms with Gasteiger partial charge < -0.3 is 10.2 Å². The van der Waals surface area contributed by atoms with Gasteiger partial charge in [-0.2, -0.15) is 0 Å². The van der Waals surface area contributed by atoms with Crippen molar-refractivity contribution in [2.24, 2.45) is 0 Å². The first-order valence-corrected chi connectivity index (χ1v) is 9.22. The van der Waals surface area contributed by atoms with Crippen LogP contribution in [0.5, 0.6) is 0 Å². The molecule has 2 aliphatic rings. The Morgan fingerprint density at radius 1 is 1.32 bits per heavy atom. The molecular weight excluding hydrogens is 294 g/mol. The van der Waals surface area contributed by atoms with Crippen molar-refractivity contribution in [1.82, 2.24) is 15.1 Å². The highest BCUT2D eigenvalue weighted by atomic mass is 32.1. The summed E-state index contributed by atoms with van der Waals surface area (Å²) in [6.07, 6.45) is 3.76. The average molecular weight is 321 g/mol. The third-order valence-corrected chi connectivity index (χ3v) is 5.98. The number of urea groups is 1.